The van der Waals surface area contributed by atoms with E-state index in [2.05, 4.69) is 4.98 Å². The van der Waals surface area contributed by atoms with Gasteiger partial charge >= 0.3 is 5.97 Å². The fourth-order valence-corrected chi connectivity index (χ4v) is 4.62. The van der Waals surface area contributed by atoms with Gasteiger partial charge in [-0.1, -0.05) is 36.9 Å². The number of fused-ring (bicyclic) bond motifs is 3. The second-order valence-corrected chi connectivity index (χ2v) is 8.18. The van der Waals surface area contributed by atoms with Gasteiger partial charge in [0.25, 0.3) is 5.56 Å². The predicted octanol–water partition coefficient (Wildman–Crippen LogP) is 3.93. The average molecular weight is 454 g/mol. The number of ether oxygens (including phenoxy) is 3. The van der Waals surface area contributed by atoms with Gasteiger partial charge in [0, 0.05) is 17.0 Å². The highest BCUT2D eigenvalue weighted by atomic mass is 32.2. The molecule has 1 N–H and O–H groups in total. The molecule has 0 aliphatic carbocycles. The zero-order valence-corrected chi connectivity index (χ0v) is 19.0. The lowest BCUT2D eigenvalue weighted by atomic mass is 10.2. The van der Waals surface area contributed by atoms with Gasteiger partial charge in [0.2, 0.25) is 0 Å². The second kappa shape index (κ2) is 8.96. The van der Waals surface area contributed by atoms with Crippen molar-refractivity contribution in [3.63, 3.8) is 0 Å². The molecule has 0 saturated heterocycles. The Labute approximate surface area is 188 Å². The summed E-state index contributed by atoms with van der Waals surface area (Å²) in [5.41, 5.74) is 2.03. The van der Waals surface area contributed by atoms with Crippen LogP contribution in [0, 0.1) is 0 Å². The third-order valence-corrected chi connectivity index (χ3v) is 6.50. The third-order valence-electron chi connectivity index (χ3n) is 5.20. The van der Waals surface area contributed by atoms with E-state index in [0.717, 1.165) is 10.9 Å². The van der Waals surface area contributed by atoms with Crippen LogP contribution in [-0.2, 0) is 9.53 Å². The van der Waals surface area contributed by atoms with E-state index in [-0.39, 0.29) is 11.5 Å². The molecule has 9 heteroatoms. The van der Waals surface area contributed by atoms with Gasteiger partial charge in [-0.25, -0.2) is 4.98 Å². The predicted molar refractivity (Wildman–Crippen MR) is 124 cm³/mol. The van der Waals surface area contributed by atoms with E-state index in [1.54, 1.807) is 25.3 Å². The summed E-state index contributed by atoms with van der Waals surface area (Å²) in [7, 11) is 4.43. The number of aromatic amines is 1. The van der Waals surface area contributed by atoms with Crippen LogP contribution in [-0.4, -0.2) is 47.1 Å². The van der Waals surface area contributed by atoms with Crippen molar-refractivity contribution in [3.8, 4) is 17.2 Å². The highest BCUT2D eigenvalue weighted by Gasteiger charge is 2.24. The molecule has 0 saturated carbocycles. The number of carbonyl (C=O) groups excluding carboxylic acids is 1. The summed E-state index contributed by atoms with van der Waals surface area (Å²) in [5.74, 6) is 0.647. The molecule has 0 spiro atoms. The van der Waals surface area contributed by atoms with Crippen LogP contribution in [0.2, 0.25) is 0 Å². The summed E-state index contributed by atoms with van der Waals surface area (Å²) in [6.07, 6.45) is 0.519. The van der Waals surface area contributed by atoms with Crippen molar-refractivity contribution in [2.24, 2.45) is 0 Å². The van der Waals surface area contributed by atoms with E-state index >= 15 is 0 Å². The molecule has 2 heterocycles. The normalized spacial score (nSPS) is 12.1. The zero-order valence-electron chi connectivity index (χ0n) is 18.2. The first-order valence-corrected chi connectivity index (χ1v) is 10.9. The molecule has 1 atom stereocenters. The number of nitrogens with zero attached hydrogens (tertiary/aromatic N) is 2. The summed E-state index contributed by atoms with van der Waals surface area (Å²) >= 11 is 1.20. The molecule has 0 aliphatic rings. The van der Waals surface area contributed by atoms with Gasteiger partial charge in [-0.15, -0.1) is 0 Å². The minimum Gasteiger partial charge on any atom is -0.493 e. The highest BCUT2D eigenvalue weighted by molar-refractivity contribution is 8.00. The van der Waals surface area contributed by atoms with Crippen LogP contribution in [0.5, 0.6) is 11.5 Å². The van der Waals surface area contributed by atoms with Gasteiger partial charge in [0.05, 0.1) is 27.0 Å². The van der Waals surface area contributed by atoms with Crippen molar-refractivity contribution >= 4 is 39.7 Å². The molecule has 4 rings (SSSR count). The molecule has 0 amide bonds. The van der Waals surface area contributed by atoms with Gasteiger partial charge in [-0.3, -0.25) is 14.2 Å². The maximum atomic E-state index is 13.7. The molecule has 0 fully saturated rings. The SMILES string of the molecule is CCC(Sc1nc2c([nH]c3ccccc32)c(=O)n1-c1ccc(OC)c(OC)c1)C(=O)OC. The number of aromatic nitrogens is 3. The van der Waals surface area contributed by atoms with E-state index in [1.165, 1.54) is 30.5 Å². The van der Waals surface area contributed by atoms with Crippen molar-refractivity contribution in [1.29, 1.82) is 0 Å². The van der Waals surface area contributed by atoms with Crippen molar-refractivity contribution < 1.29 is 19.0 Å². The molecule has 0 aliphatic heterocycles. The minimum absolute atomic E-state index is 0.277. The number of hydrogen-bond donors (Lipinski definition) is 1. The van der Waals surface area contributed by atoms with E-state index in [0.29, 0.717) is 39.8 Å². The molecule has 2 aromatic carbocycles. The molecule has 0 radical (unpaired) electrons. The van der Waals surface area contributed by atoms with Crippen LogP contribution in [0.3, 0.4) is 0 Å². The zero-order chi connectivity index (χ0) is 22.8. The van der Waals surface area contributed by atoms with Crippen molar-refractivity contribution in [2.45, 2.75) is 23.8 Å². The quantitative estimate of drug-likeness (QED) is 0.257. The van der Waals surface area contributed by atoms with Gasteiger partial charge < -0.3 is 19.2 Å². The number of thioether (sulfide) groups is 1. The molecular weight excluding hydrogens is 430 g/mol. The Bertz CT molecular complexity index is 1360. The molecule has 32 heavy (non-hydrogen) atoms. The fourth-order valence-electron chi connectivity index (χ4n) is 3.57. The first kappa shape index (κ1) is 21.8. The number of carbonyl (C=O) groups is 1. The summed E-state index contributed by atoms with van der Waals surface area (Å²) in [6, 6.07) is 12.8. The summed E-state index contributed by atoms with van der Waals surface area (Å²) in [6.45, 7) is 1.89. The first-order chi connectivity index (χ1) is 15.5. The van der Waals surface area contributed by atoms with Gasteiger partial charge in [-0.05, 0) is 24.6 Å². The second-order valence-electron chi connectivity index (χ2n) is 7.01. The number of benzene rings is 2. The number of hydrogen-bond acceptors (Lipinski definition) is 7. The Hall–Kier alpha value is -3.46. The molecule has 8 nitrogen and oxygen atoms in total. The standard InChI is InChI=1S/C23H23N3O5S/c1-5-18(22(28)31-4)32-23-25-19-14-8-6-7-9-15(14)24-20(19)21(27)26(23)13-10-11-16(29-2)17(12-13)30-3/h6-12,18,24H,5H2,1-4H3. The number of H-pyrrole nitrogens is 1. The van der Waals surface area contributed by atoms with Gasteiger partial charge in [-0.2, -0.15) is 0 Å². The first-order valence-electron chi connectivity index (χ1n) is 10.0. The number of para-hydroxylation sites is 1. The summed E-state index contributed by atoms with van der Waals surface area (Å²) < 4.78 is 17.2. The molecular formula is C23H23N3O5S. The average Bonchev–Trinajstić information content (AvgIpc) is 3.20. The molecule has 166 valence electrons. The highest BCUT2D eigenvalue weighted by Crippen LogP contribution is 2.33. The van der Waals surface area contributed by atoms with Crippen LogP contribution in [0.25, 0.3) is 27.6 Å². The maximum Gasteiger partial charge on any atom is 0.319 e. The number of methoxy groups -OCH3 is 3. The van der Waals surface area contributed by atoms with Gasteiger partial charge in [0.15, 0.2) is 16.7 Å². The lowest BCUT2D eigenvalue weighted by Gasteiger charge is -2.17. The smallest absolute Gasteiger partial charge is 0.319 e. The lowest BCUT2D eigenvalue weighted by Crippen LogP contribution is -2.25. The topological polar surface area (TPSA) is 95.4 Å². The molecule has 0 bridgehead atoms. The Morgan fingerprint density at radius 3 is 2.56 bits per heavy atom. The Morgan fingerprint density at radius 2 is 1.88 bits per heavy atom. The van der Waals surface area contributed by atoms with Crippen LogP contribution in [0.4, 0.5) is 0 Å². The Kier molecular flexibility index (Phi) is 6.09. The van der Waals surface area contributed by atoms with E-state index in [4.69, 9.17) is 19.2 Å². The van der Waals surface area contributed by atoms with E-state index in [9.17, 15) is 9.59 Å². The van der Waals surface area contributed by atoms with Crippen LogP contribution >= 0.6 is 11.8 Å². The van der Waals surface area contributed by atoms with Gasteiger partial charge in [0.1, 0.15) is 16.3 Å². The Morgan fingerprint density at radius 1 is 1.12 bits per heavy atom. The van der Waals surface area contributed by atoms with Crippen molar-refractivity contribution in [1.82, 2.24) is 14.5 Å². The van der Waals surface area contributed by atoms with Crippen molar-refractivity contribution in [3.05, 3.63) is 52.8 Å². The summed E-state index contributed by atoms with van der Waals surface area (Å²) in [4.78, 5) is 34.0. The van der Waals surface area contributed by atoms with E-state index < -0.39 is 5.25 Å². The van der Waals surface area contributed by atoms with Crippen LogP contribution in [0.1, 0.15) is 13.3 Å². The van der Waals surface area contributed by atoms with E-state index in [1.807, 2.05) is 31.2 Å². The lowest BCUT2D eigenvalue weighted by molar-refractivity contribution is -0.140. The Balaban J connectivity index is 2.01. The fraction of sp³-hybridized carbons (Fsp3) is 0.261. The number of rotatable bonds is 7. The summed E-state index contributed by atoms with van der Waals surface area (Å²) in [5, 5.41) is 0.713. The monoisotopic (exact) mass is 453 g/mol. The maximum absolute atomic E-state index is 13.7. The number of esters is 1. The molecule has 1 unspecified atom stereocenters. The largest absolute Gasteiger partial charge is 0.493 e. The van der Waals surface area contributed by atoms with Crippen LogP contribution < -0.4 is 15.0 Å². The van der Waals surface area contributed by atoms with Crippen LogP contribution in [0.15, 0.2) is 52.4 Å². The molecule has 2 aromatic heterocycles. The molecule has 4 aromatic rings. The van der Waals surface area contributed by atoms with Crippen molar-refractivity contribution in [2.75, 3.05) is 21.3 Å². The third kappa shape index (κ3) is 3.69. The minimum atomic E-state index is -0.513. The number of nitrogens with one attached hydrogen (secondary N) is 1.